The van der Waals surface area contributed by atoms with Crippen LogP contribution < -0.4 is 0 Å². The van der Waals surface area contributed by atoms with E-state index in [1.54, 1.807) is 0 Å². The molecule has 1 N–H and O–H groups in total. The summed E-state index contributed by atoms with van der Waals surface area (Å²) in [5.41, 5.74) is 0. The van der Waals surface area contributed by atoms with Gasteiger partial charge in [0.25, 0.3) is 5.92 Å². The molecule has 1 aliphatic rings. The van der Waals surface area contributed by atoms with Crippen LogP contribution in [-0.4, -0.2) is 41.0 Å². The van der Waals surface area contributed by atoms with Gasteiger partial charge < -0.3 is 5.11 Å². The third kappa shape index (κ3) is 1.65. The molecule has 1 aliphatic heterocycles. The van der Waals surface area contributed by atoms with E-state index in [0.717, 1.165) is 0 Å². The number of alkyl halides is 2. The molecule has 0 aromatic rings. The largest absolute Gasteiger partial charge is 0.480 e. The van der Waals surface area contributed by atoms with Crippen molar-refractivity contribution in [1.82, 2.24) is 4.90 Å². The average molecular weight is 165 g/mol. The number of nitrogens with zero attached hydrogens (tertiary/aromatic N) is 1. The van der Waals surface area contributed by atoms with E-state index in [2.05, 4.69) is 0 Å². The number of carboxylic acid groups (broad SMARTS) is 1. The number of hydrogen-bond acceptors (Lipinski definition) is 2. The predicted molar refractivity (Wildman–Crippen MR) is 33.6 cm³/mol. The maximum atomic E-state index is 12.2. The van der Waals surface area contributed by atoms with E-state index >= 15 is 0 Å². The van der Waals surface area contributed by atoms with Gasteiger partial charge in [-0.15, -0.1) is 0 Å². The van der Waals surface area contributed by atoms with Crippen molar-refractivity contribution in [2.24, 2.45) is 0 Å². The molecule has 0 aromatic carbocycles. The van der Waals surface area contributed by atoms with Crippen LogP contribution in [0, 0.1) is 0 Å². The molecule has 1 heterocycles. The lowest BCUT2D eigenvalue weighted by Crippen LogP contribution is -2.60. The maximum Gasteiger partial charge on any atom is 0.320 e. The lowest BCUT2D eigenvalue weighted by atomic mass is 10.1. The number of aliphatic carboxylic acids is 1. The fourth-order valence-electron chi connectivity index (χ4n) is 0.978. The van der Waals surface area contributed by atoms with Gasteiger partial charge >= 0.3 is 5.97 Å². The van der Waals surface area contributed by atoms with E-state index in [1.807, 2.05) is 0 Å². The van der Waals surface area contributed by atoms with Crippen LogP contribution >= 0.6 is 0 Å². The van der Waals surface area contributed by atoms with E-state index in [4.69, 9.17) is 5.11 Å². The van der Waals surface area contributed by atoms with Crippen molar-refractivity contribution in [3.8, 4) is 0 Å². The SMILES string of the molecule is CC(C(=O)O)N1CC(F)(F)C1. The first-order chi connectivity index (χ1) is 4.92. The molecule has 1 saturated heterocycles. The molecule has 1 unspecified atom stereocenters. The van der Waals surface area contributed by atoms with Crippen molar-refractivity contribution in [3.05, 3.63) is 0 Å². The molecule has 0 radical (unpaired) electrons. The Labute approximate surface area is 62.6 Å². The van der Waals surface area contributed by atoms with Gasteiger partial charge in [0.15, 0.2) is 0 Å². The number of rotatable bonds is 2. The Bertz CT molecular complexity index is 175. The van der Waals surface area contributed by atoms with Crippen LogP contribution in [0.15, 0.2) is 0 Å². The Hall–Kier alpha value is -0.710. The first kappa shape index (κ1) is 8.39. The lowest BCUT2D eigenvalue weighted by Gasteiger charge is -2.40. The van der Waals surface area contributed by atoms with Crippen molar-refractivity contribution in [1.29, 1.82) is 0 Å². The third-order valence-corrected chi connectivity index (χ3v) is 1.77. The second-order valence-corrected chi connectivity index (χ2v) is 2.78. The summed E-state index contributed by atoms with van der Waals surface area (Å²) in [4.78, 5) is 11.5. The van der Waals surface area contributed by atoms with Crippen molar-refractivity contribution in [2.75, 3.05) is 13.1 Å². The molecule has 0 amide bonds. The zero-order valence-corrected chi connectivity index (χ0v) is 6.05. The van der Waals surface area contributed by atoms with Crippen LogP contribution in [-0.2, 0) is 4.79 Å². The number of hydrogen-bond donors (Lipinski definition) is 1. The lowest BCUT2D eigenvalue weighted by molar-refractivity contribution is -0.166. The second-order valence-electron chi connectivity index (χ2n) is 2.78. The monoisotopic (exact) mass is 165 g/mol. The molecule has 0 spiro atoms. The zero-order valence-electron chi connectivity index (χ0n) is 6.05. The molecular weight excluding hydrogens is 156 g/mol. The Morgan fingerprint density at radius 1 is 1.64 bits per heavy atom. The smallest absolute Gasteiger partial charge is 0.320 e. The van der Waals surface area contributed by atoms with Crippen molar-refractivity contribution in [3.63, 3.8) is 0 Å². The molecule has 64 valence electrons. The summed E-state index contributed by atoms with van der Waals surface area (Å²) in [6.45, 7) is 0.540. The summed E-state index contributed by atoms with van der Waals surface area (Å²) in [7, 11) is 0. The van der Waals surface area contributed by atoms with E-state index < -0.39 is 31.0 Å². The van der Waals surface area contributed by atoms with Gasteiger partial charge in [0.1, 0.15) is 6.04 Å². The first-order valence-electron chi connectivity index (χ1n) is 3.27. The van der Waals surface area contributed by atoms with E-state index in [-0.39, 0.29) is 0 Å². The zero-order chi connectivity index (χ0) is 8.65. The van der Waals surface area contributed by atoms with Gasteiger partial charge in [-0.25, -0.2) is 8.78 Å². The number of carbonyl (C=O) groups is 1. The summed E-state index contributed by atoms with van der Waals surface area (Å²) in [5.74, 6) is -3.73. The number of likely N-dealkylation sites (tertiary alicyclic amines) is 1. The number of halogens is 2. The van der Waals surface area contributed by atoms with Gasteiger partial charge in [0.05, 0.1) is 13.1 Å². The minimum absolute atomic E-state index is 0.430. The van der Waals surface area contributed by atoms with Crippen LogP contribution in [0.1, 0.15) is 6.92 Å². The molecule has 5 heteroatoms. The molecule has 1 rings (SSSR count). The van der Waals surface area contributed by atoms with Gasteiger partial charge in [-0.3, -0.25) is 9.69 Å². The molecule has 11 heavy (non-hydrogen) atoms. The Morgan fingerprint density at radius 2 is 2.09 bits per heavy atom. The third-order valence-electron chi connectivity index (χ3n) is 1.77. The Morgan fingerprint density at radius 3 is 2.36 bits per heavy atom. The number of carboxylic acids is 1. The maximum absolute atomic E-state index is 12.2. The van der Waals surface area contributed by atoms with Gasteiger partial charge in [-0.1, -0.05) is 0 Å². The van der Waals surface area contributed by atoms with Crippen LogP contribution in [0.25, 0.3) is 0 Å². The minimum Gasteiger partial charge on any atom is -0.480 e. The van der Waals surface area contributed by atoms with Gasteiger partial charge in [0, 0.05) is 0 Å². The van der Waals surface area contributed by atoms with E-state index in [1.165, 1.54) is 11.8 Å². The molecule has 1 fully saturated rings. The molecule has 0 aromatic heterocycles. The summed E-state index contributed by atoms with van der Waals surface area (Å²) in [6.07, 6.45) is 0. The molecule has 3 nitrogen and oxygen atoms in total. The summed E-state index contributed by atoms with van der Waals surface area (Å²) >= 11 is 0. The fraction of sp³-hybridized carbons (Fsp3) is 0.833. The highest BCUT2D eigenvalue weighted by atomic mass is 19.3. The fourth-order valence-corrected chi connectivity index (χ4v) is 0.978. The molecule has 0 aliphatic carbocycles. The minimum atomic E-state index is -2.68. The average Bonchev–Trinajstić information content (AvgIpc) is 1.80. The van der Waals surface area contributed by atoms with Gasteiger partial charge in [-0.2, -0.15) is 0 Å². The summed E-state index contributed by atoms with van der Waals surface area (Å²) in [5, 5.41) is 8.40. The Balaban J connectivity index is 2.38. The van der Waals surface area contributed by atoms with Crippen LogP contribution in [0.4, 0.5) is 8.78 Å². The van der Waals surface area contributed by atoms with E-state index in [0.29, 0.717) is 0 Å². The van der Waals surface area contributed by atoms with Crippen LogP contribution in [0.2, 0.25) is 0 Å². The highest BCUT2D eigenvalue weighted by Crippen LogP contribution is 2.28. The molecular formula is C6H9F2NO2. The van der Waals surface area contributed by atoms with E-state index in [9.17, 15) is 13.6 Å². The standard InChI is InChI=1S/C6H9F2NO2/c1-4(5(10)11)9-2-6(7,8)3-9/h4H,2-3H2,1H3,(H,10,11). The molecule has 0 bridgehead atoms. The molecule has 1 atom stereocenters. The normalized spacial score (nSPS) is 25.7. The quantitative estimate of drug-likeness (QED) is 0.644. The highest BCUT2D eigenvalue weighted by Gasteiger charge is 2.47. The summed E-state index contributed by atoms with van der Waals surface area (Å²) < 4.78 is 24.4. The van der Waals surface area contributed by atoms with Gasteiger partial charge in [-0.05, 0) is 6.92 Å². The van der Waals surface area contributed by atoms with Crippen molar-refractivity contribution < 1.29 is 18.7 Å². The summed E-state index contributed by atoms with van der Waals surface area (Å²) in [6, 6.07) is -0.797. The second kappa shape index (κ2) is 2.41. The highest BCUT2D eigenvalue weighted by molar-refractivity contribution is 5.73. The Kier molecular flexibility index (Phi) is 1.83. The topological polar surface area (TPSA) is 40.5 Å². The van der Waals surface area contributed by atoms with Crippen molar-refractivity contribution >= 4 is 5.97 Å². The van der Waals surface area contributed by atoms with Crippen LogP contribution in [0.5, 0.6) is 0 Å². The first-order valence-corrected chi connectivity index (χ1v) is 3.27. The van der Waals surface area contributed by atoms with Crippen LogP contribution in [0.3, 0.4) is 0 Å². The molecule has 0 saturated carbocycles. The van der Waals surface area contributed by atoms with Gasteiger partial charge in [0.2, 0.25) is 0 Å². The van der Waals surface area contributed by atoms with Crippen molar-refractivity contribution in [2.45, 2.75) is 18.9 Å². The predicted octanol–water partition coefficient (Wildman–Crippen LogP) is 0.410.